The Labute approximate surface area is 214 Å². The van der Waals surface area contributed by atoms with Crippen molar-refractivity contribution < 1.29 is 37.5 Å². The molecular formula is C24H36F3N5O5. The average Bonchev–Trinajstić information content (AvgIpc) is 2.86. The number of alkyl halides is 3. The Hall–Kier alpha value is -3.19. The lowest BCUT2D eigenvalue weighted by atomic mass is 10.1. The number of aliphatic carboxylic acids is 1. The minimum absolute atomic E-state index is 0.0872. The highest BCUT2D eigenvalue weighted by atomic mass is 19.4. The number of piperazine rings is 1. The number of anilines is 1. The Morgan fingerprint density at radius 2 is 1.65 bits per heavy atom. The zero-order valence-corrected chi connectivity index (χ0v) is 21.4. The van der Waals surface area contributed by atoms with E-state index in [0.29, 0.717) is 43.9 Å². The third-order valence-corrected chi connectivity index (χ3v) is 5.61. The molecule has 3 amide bonds. The van der Waals surface area contributed by atoms with Gasteiger partial charge in [-0.15, -0.1) is 0 Å². The number of benzene rings is 1. The summed E-state index contributed by atoms with van der Waals surface area (Å²) in [6.45, 7) is 12.2. The monoisotopic (exact) mass is 531 g/mol. The molecule has 13 heteroatoms. The van der Waals surface area contributed by atoms with Gasteiger partial charge in [-0.05, 0) is 31.3 Å². The average molecular weight is 532 g/mol. The molecule has 0 saturated carbocycles. The van der Waals surface area contributed by atoms with Crippen LogP contribution in [-0.2, 0) is 14.4 Å². The molecule has 1 fully saturated rings. The summed E-state index contributed by atoms with van der Waals surface area (Å²) in [6.07, 6.45) is -4.77. The van der Waals surface area contributed by atoms with Crippen molar-refractivity contribution in [3.8, 4) is 0 Å². The molecule has 0 atom stereocenters. The molecule has 2 rings (SSSR count). The van der Waals surface area contributed by atoms with Crippen LogP contribution in [0.3, 0.4) is 0 Å². The van der Waals surface area contributed by atoms with E-state index in [-0.39, 0.29) is 17.7 Å². The molecule has 3 N–H and O–H groups in total. The van der Waals surface area contributed by atoms with E-state index in [1.807, 2.05) is 4.90 Å². The topological polar surface area (TPSA) is 122 Å². The number of amides is 3. The van der Waals surface area contributed by atoms with Crippen LogP contribution in [0.1, 0.15) is 37.6 Å². The maximum absolute atomic E-state index is 13.2. The van der Waals surface area contributed by atoms with Crippen LogP contribution in [0, 0.1) is 0 Å². The Morgan fingerprint density at radius 3 is 2.16 bits per heavy atom. The van der Waals surface area contributed by atoms with Gasteiger partial charge in [0.05, 0.1) is 0 Å². The highest BCUT2D eigenvalue weighted by Gasteiger charge is 2.38. The number of carboxylic acid groups (broad SMARTS) is 1. The van der Waals surface area contributed by atoms with Gasteiger partial charge in [0.2, 0.25) is 11.8 Å². The highest BCUT2D eigenvalue weighted by molar-refractivity contribution is 5.97. The normalized spacial score (nSPS) is 13.4. The number of hydrogen-bond donors (Lipinski definition) is 3. The first kappa shape index (κ1) is 31.8. The van der Waals surface area contributed by atoms with Gasteiger partial charge in [0.15, 0.2) is 0 Å². The molecule has 10 nitrogen and oxygen atoms in total. The fraction of sp³-hybridized carbons (Fsp3) is 0.583. The van der Waals surface area contributed by atoms with Gasteiger partial charge in [0, 0.05) is 70.4 Å². The molecule has 0 bridgehead atoms. The molecule has 208 valence electrons. The zero-order valence-electron chi connectivity index (χ0n) is 21.4. The van der Waals surface area contributed by atoms with Gasteiger partial charge in [-0.2, -0.15) is 13.2 Å². The largest absolute Gasteiger partial charge is 0.490 e. The van der Waals surface area contributed by atoms with Crippen molar-refractivity contribution in [3.63, 3.8) is 0 Å². The number of carbonyl (C=O) groups is 4. The SMILES string of the molecule is CCN(CC)CCN(CCC(=O)N1CCNCC1)C(=O)c1cccc(NC(C)=O)c1.O=C(O)C(F)(F)F. The number of carboxylic acids is 1. The van der Waals surface area contributed by atoms with E-state index >= 15 is 0 Å². The fourth-order valence-corrected chi connectivity index (χ4v) is 3.54. The van der Waals surface area contributed by atoms with Gasteiger partial charge in [-0.1, -0.05) is 19.9 Å². The van der Waals surface area contributed by atoms with Crippen LogP contribution in [-0.4, -0.2) is 109 Å². The highest BCUT2D eigenvalue weighted by Crippen LogP contribution is 2.14. The van der Waals surface area contributed by atoms with Crippen molar-refractivity contribution in [1.82, 2.24) is 20.0 Å². The molecule has 1 heterocycles. The van der Waals surface area contributed by atoms with Crippen LogP contribution >= 0.6 is 0 Å². The van der Waals surface area contributed by atoms with Gasteiger partial charge in [-0.25, -0.2) is 4.79 Å². The lowest BCUT2D eigenvalue weighted by Gasteiger charge is -2.30. The first-order valence-corrected chi connectivity index (χ1v) is 12.1. The summed E-state index contributed by atoms with van der Waals surface area (Å²) in [4.78, 5) is 51.9. The van der Waals surface area contributed by atoms with E-state index in [0.717, 1.165) is 32.7 Å². The summed E-state index contributed by atoms with van der Waals surface area (Å²) in [5, 5.41) is 13.1. The Bertz CT molecular complexity index is 903. The van der Waals surface area contributed by atoms with Gasteiger partial charge in [0.25, 0.3) is 5.91 Å². The lowest BCUT2D eigenvalue weighted by molar-refractivity contribution is -0.192. The number of hydrogen-bond acceptors (Lipinski definition) is 6. The third-order valence-electron chi connectivity index (χ3n) is 5.61. The van der Waals surface area contributed by atoms with Crippen molar-refractivity contribution in [2.75, 3.05) is 64.2 Å². The number of carbonyl (C=O) groups excluding carboxylic acids is 3. The van der Waals surface area contributed by atoms with Gasteiger partial charge in [-0.3, -0.25) is 14.4 Å². The molecule has 0 radical (unpaired) electrons. The molecule has 1 aromatic rings. The molecule has 1 aliphatic heterocycles. The maximum Gasteiger partial charge on any atom is 0.490 e. The number of likely N-dealkylation sites (N-methyl/N-ethyl adjacent to an activating group) is 1. The predicted octanol–water partition coefficient (Wildman–Crippen LogP) is 1.88. The molecule has 0 aromatic heterocycles. The molecule has 0 spiro atoms. The van der Waals surface area contributed by atoms with Crippen molar-refractivity contribution in [2.24, 2.45) is 0 Å². The molecule has 1 aliphatic rings. The van der Waals surface area contributed by atoms with E-state index in [2.05, 4.69) is 29.4 Å². The summed E-state index contributed by atoms with van der Waals surface area (Å²) < 4.78 is 31.7. The molecule has 1 aromatic carbocycles. The summed E-state index contributed by atoms with van der Waals surface area (Å²) in [7, 11) is 0. The third kappa shape index (κ3) is 12.1. The number of rotatable bonds is 10. The number of halogens is 3. The van der Waals surface area contributed by atoms with Crippen LogP contribution < -0.4 is 10.6 Å². The van der Waals surface area contributed by atoms with Gasteiger partial charge >= 0.3 is 12.1 Å². The Balaban J connectivity index is 0.000000856. The summed E-state index contributed by atoms with van der Waals surface area (Å²) in [6, 6.07) is 6.95. The second-order valence-electron chi connectivity index (χ2n) is 8.26. The van der Waals surface area contributed by atoms with Crippen LogP contribution in [0.5, 0.6) is 0 Å². The number of nitrogens with zero attached hydrogens (tertiary/aromatic N) is 3. The number of nitrogens with one attached hydrogen (secondary N) is 2. The van der Waals surface area contributed by atoms with Crippen molar-refractivity contribution >= 4 is 29.4 Å². The Kier molecular flexibility index (Phi) is 13.6. The van der Waals surface area contributed by atoms with Gasteiger partial charge < -0.3 is 30.4 Å². The minimum atomic E-state index is -5.08. The fourth-order valence-electron chi connectivity index (χ4n) is 3.54. The standard InChI is InChI=1S/C22H35N5O3.C2HF3O2/c1-4-25(5-2)15-16-27(12-9-21(29)26-13-10-23-11-14-26)22(30)19-7-6-8-20(17-19)24-18(3)28;3-2(4,5)1(6)7/h6-8,17,23H,4-5,9-16H2,1-3H3,(H,24,28);(H,6,7). The predicted molar refractivity (Wildman–Crippen MR) is 132 cm³/mol. The van der Waals surface area contributed by atoms with Crippen molar-refractivity contribution in [3.05, 3.63) is 29.8 Å². The second-order valence-corrected chi connectivity index (χ2v) is 8.26. The molecule has 37 heavy (non-hydrogen) atoms. The van der Waals surface area contributed by atoms with Crippen LogP contribution in [0.15, 0.2) is 24.3 Å². The molecule has 0 unspecified atom stereocenters. The zero-order chi connectivity index (χ0) is 28.0. The Morgan fingerprint density at radius 1 is 1.05 bits per heavy atom. The van der Waals surface area contributed by atoms with Crippen LogP contribution in [0.4, 0.5) is 18.9 Å². The quantitative estimate of drug-likeness (QED) is 0.422. The summed E-state index contributed by atoms with van der Waals surface area (Å²) in [5.74, 6) is -2.97. The van der Waals surface area contributed by atoms with E-state index in [1.54, 1.807) is 29.2 Å². The first-order chi connectivity index (χ1) is 17.4. The minimum Gasteiger partial charge on any atom is -0.475 e. The van der Waals surface area contributed by atoms with E-state index in [9.17, 15) is 27.6 Å². The second kappa shape index (κ2) is 15.8. The molecule has 0 aliphatic carbocycles. The summed E-state index contributed by atoms with van der Waals surface area (Å²) >= 11 is 0. The van der Waals surface area contributed by atoms with Crippen LogP contribution in [0.25, 0.3) is 0 Å². The molecular weight excluding hydrogens is 495 g/mol. The van der Waals surface area contributed by atoms with E-state index in [1.165, 1.54) is 6.92 Å². The summed E-state index contributed by atoms with van der Waals surface area (Å²) in [5.41, 5.74) is 1.10. The smallest absolute Gasteiger partial charge is 0.475 e. The maximum atomic E-state index is 13.2. The first-order valence-electron chi connectivity index (χ1n) is 12.1. The van der Waals surface area contributed by atoms with Crippen LogP contribution in [0.2, 0.25) is 0 Å². The van der Waals surface area contributed by atoms with Crippen molar-refractivity contribution in [1.29, 1.82) is 0 Å². The van der Waals surface area contributed by atoms with E-state index in [4.69, 9.17) is 9.90 Å². The van der Waals surface area contributed by atoms with E-state index < -0.39 is 12.1 Å². The lowest BCUT2D eigenvalue weighted by Crippen LogP contribution is -2.47. The van der Waals surface area contributed by atoms with Crippen molar-refractivity contribution in [2.45, 2.75) is 33.4 Å². The van der Waals surface area contributed by atoms with Gasteiger partial charge in [0.1, 0.15) is 0 Å². The molecule has 1 saturated heterocycles.